The summed E-state index contributed by atoms with van der Waals surface area (Å²) in [6.45, 7) is 7.92. The molecule has 0 fully saturated rings. The fraction of sp³-hybridized carbons (Fsp3) is 0.588. The van der Waals surface area contributed by atoms with Crippen LogP contribution in [-0.4, -0.2) is 30.4 Å². The third-order valence-corrected chi connectivity index (χ3v) is 3.70. The Hall–Kier alpha value is -1.39. The Morgan fingerprint density at radius 3 is 2.67 bits per heavy atom. The highest BCUT2D eigenvalue weighted by atomic mass is 16.1. The molecule has 1 amide bonds. The molecule has 0 aromatic heterocycles. The van der Waals surface area contributed by atoms with Crippen molar-refractivity contribution in [3.8, 4) is 0 Å². The summed E-state index contributed by atoms with van der Waals surface area (Å²) < 4.78 is 0. The zero-order chi connectivity index (χ0) is 15.8. The Morgan fingerprint density at radius 2 is 2.05 bits per heavy atom. The van der Waals surface area contributed by atoms with E-state index in [1.165, 1.54) is 0 Å². The van der Waals surface area contributed by atoms with E-state index in [0.29, 0.717) is 24.9 Å². The fourth-order valence-electron chi connectivity index (χ4n) is 2.36. The molecule has 0 bridgehead atoms. The molecule has 1 unspecified atom stereocenters. The number of hydrogen-bond donors (Lipinski definition) is 2. The molecule has 0 aliphatic heterocycles. The first-order valence-electron chi connectivity index (χ1n) is 7.71. The molecule has 0 radical (unpaired) electrons. The maximum absolute atomic E-state index is 12.0. The van der Waals surface area contributed by atoms with Gasteiger partial charge in [0.1, 0.15) is 0 Å². The molecule has 4 heteroatoms. The minimum Gasteiger partial charge on any atom is -0.326 e. The van der Waals surface area contributed by atoms with Crippen LogP contribution in [0.1, 0.15) is 39.2 Å². The lowest BCUT2D eigenvalue weighted by molar-refractivity contribution is -0.116. The number of amides is 1. The zero-order valence-electron chi connectivity index (χ0n) is 13.7. The molecule has 0 aliphatic rings. The topological polar surface area (TPSA) is 58.4 Å². The van der Waals surface area contributed by atoms with Crippen molar-refractivity contribution in [1.29, 1.82) is 0 Å². The predicted octanol–water partition coefficient (Wildman–Crippen LogP) is 2.84. The first-order chi connectivity index (χ1) is 9.92. The number of carbonyl (C=O) groups is 1. The molecular weight excluding hydrogens is 262 g/mol. The van der Waals surface area contributed by atoms with Crippen LogP contribution in [0.4, 0.5) is 5.69 Å². The summed E-state index contributed by atoms with van der Waals surface area (Å²) in [5, 5.41) is 2.93. The fourth-order valence-corrected chi connectivity index (χ4v) is 2.36. The number of hydrogen-bond acceptors (Lipinski definition) is 3. The molecule has 0 saturated heterocycles. The number of nitrogens with zero attached hydrogens (tertiary/aromatic N) is 1. The lowest BCUT2D eigenvalue weighted by Gasteiger charge is -2.25. The summed E-state index contributed by atoms with van der Waals surface area (Å²) in [7, 11) is 2.08. The molecule has 3 N–H and O–H groups in total. The second kappa shape index (κ2) is 8.80. The van der Waals surface area contributed by atoms with E-state index >= 15 is 0 Å². The van der Waals surface area contributed by atoms with Gasteiger partial charge in [0.05, 0.1) is 0 Å². The van der Waals surface area contributed by atoms with Crippen LogP contribution < -0.4 is 11.1 Å². The number of carbonyl (C=O) groups excluding carboxylic acids is 1. The van der Waals surface area contributed by atoms with Gasteiger partial charge in [0.25, 0.3) is 0 Å². The van der Waals surface area contributed by atoms with E-state index in [-0.39, 0.29) is 5.91 Å². The van der Waals surface area contributed by atoms with Gasteiger partial charge in [0.2, 0.25) is 5.91 Å². The van der Waals surface area contributed by atoms with E-state index in [2.05, 4.69) is 38.0 Å². The van der Waals surface area contributed by atoms with Gasteiger partial charge in [-0.2, -0.15) is 0 Å². The first-order valence-corrected chi connectivity index (χ1v) is 7.71. The molecule has 0 spiro atoms. The van der Waals surface area contributed by atoms with Crippen molar-refractivity contribution in [1.82, 2.24) is 4.90 Å². The van der Waals surface area contributed by atoms with Crippen molar-refractivity contribution in [2.75, 3.05) is 18.9 Å². The van der Waals surface area contributed by atoms with Gasteiger partial charge in [-0.15, -0.1) is 0 Å². The van der Waals surface area contributed by atoms with Crippen molar-refractivity contribution in [2.45, 2.75) is 46.2 Å². The van der Waals surface area contributed by atoms with Crippen molar-refractivity contribution in [3.05, 3.63) is 29.8 Å². The highest BCUT2D eigenvalue weighted by molar-refractivity contribution is 5.90. The van der Waals surface area contributed by atoms with Crippen molar-refractivity contribution < 1.29 is 4.79 Å². The van der Waals surface area contributed by atoms with Crippen LogP contribution >= 0.6 is 0 Å². The Balaban J connectivity index is 2.39. The zero-order valence-corrected chi connectivity index (χ0v) is 13.7. The normalized spacial score (nSPS) is 12.7. The van der Waals surface area contributed by atoms with Crippen LogP contribution in [0.25, 0.3) is 0 Å². The van der Waals surface area contributed by atoms with Crippen LogP contribution in [0.2, 0.25) is 0 Å². The van der Waals surface area contributed by atoms with Gasteiger partial charge < -0.3 is 16.0 Å². The van der Waals surface area contributed by atoms with E-state index in [0.717, 1.165) is 24.2 Å². The third-order valence-electron chi connectivity index (χ3n) is 3.70. The number of anilines is 1. The standard InChI is InChI=1S/C17H29N3O/c1-13(2)10-14(3)20(4)9-8-17(21)19-16-7-5-6-15(11-16)12-18/h5-7,11,13-14H,8-10,12,18H2,1-4H3,(H,19,21). The third kappa shape index (κ3) is 6.74. The predicted molar refractivity (Wildman–Crippen MR) is 89.1 cm³/mol. The van der Waals surface area contributed by atoms with Gasteiger partial charge in [0, 0.05) is 31.2 Å². The summed E-state index contributed by atoms with van der Waals surface area (Å²) in [5.74, 6) is 0.725. The molecule has 1 aromatic carbocycles. The molecule has 0 aliphatic carbocycles. The minimum absolute atomic E-state index is 0.0489. The molecule has 0 heterocycles. The minimum atomic E-state index is 0.0489. The number of nitrogens with two attached hydrogens (primary N) is 1. The Labute approximate surface area is 128 Å². The lowest BCUT2D eigenvalue weighted by Crippen LogP contribution is -2.33. The molecule has 1 rings (SSSR count). The van der Waals surface area contributed by atoms with Crippen LogP contribution in [-0.2, 0) is 11.3 Å². The molecule has 118 valence electrons. The Bertz CT molecular complexity index is 445. The van der Waals surface area contributed by atoms with Gasteiger partial charge in [-0.3, -0.25) is 4.79 Å². The maximum Gasteiger partial charge on any atom is 0.225 e. The van der Waals surface area contributed by atoms with Gasteiger partial charge in [-0.25, -0.2) is 0 Å². The smallest absolute Gasteiger partial charge is 0.225 e. The number of benzene rings is 1. The van der Waals surface area contributed by atoms with E-state index < -0.39 is 0 Å². The average Bonchev–Trinajstić information content (AvgIpc) is 2.44. The van der Waals surface area contributed by atoms with Crippen LogP contribution in [0, 0.1) is 5.92 Å². The Morgan fingerprint density at radius 1 is 1.33 bits per heavy atom. The Kier molecular flexibility index (Phi) is 7.40. The average molecular weight is 291 g/mol. The van der Waals surface area contributed by atoms with E-state index in [1.54, 1.807) is 0 Å². The van der Waals surface area contributed by atoms with E-state index in [1.807, 2.05) is 24.3 Å². The summed E-state index contributed by atoms with van der Waals surface area (Å²) in [5.41, 5.74) is 7.45. The molecule has 4 nitrogen and oxygen atoms in total. The SMILES string of the molecule is CC(C)CC(C)N(C)CCC(=O)Nc1cccc(CN)c1. The largest absolute Gasteiger partial charge is 0.326 e. The van der Waals surface area contributed by atoms with Gasteiger partial charge in [-0.1, -0.05) is 26.0 Å². The highest BCUT2D eigenvalue weighted by Gasteiger charge is 2.12. The molecular formula is C17H29N3O. The summed E-state index contributed by atoms with van der Waals surface area (Å²) >= 11 is 0. The van der Waals surface area contributed by atoms with Gasteiger partial charge >= 0.3 is 0 Å². The van der Waals surface area contributed by atoms with Crippen molar-refractivity contribution in [2.24, 2.45) is 11.7 Å². The molecule has 1 atom stereocenters. The molecule has 1 aromatic rings. The maximum atomic E-state index is 12.0. The first kappa shape index (κ1) is 17.7. The van der Waals surface area contributed by atoms with Crippen LogP contribution in [0.5, 0.6) is 0 Å². The van der Waals surface area contributed by atoms with E-state index in [9.17, 15) is 4.79 Å². The molecule has 0 saturated carbocycles. The van der Waals surface area contributed by atoms with Crippen molar-refractivity contribution >= 4 is 11.6 Å². The summed E-state index contributed by atoms with van der Waals surface area (Å²) in [6, 6.07) is 8.18. The second-order valence-electron chi connectivity index (χ2n) is 6.16. The van der Waals surface area contributed by atoms with Gasteiger partial charge in [0.15, 0.2) is 0 Å². The van der Waals surface area contributed by atoms with Crippen LogP contribution in [0.15, 0.2) is 24.3 Å². The van der Waals surface area contributed by atoms with Crippen LogP contribution in [0.3, 0.4) is 0 Å². The highest BCUT2D eigenvalue weighted by Crippen LogP contribution is 2.12. The molecule has 21 heavy (non-hydrogen) atoms. The van der Waals surface area contributed by atoms with E-state index in [4.69, 9.17) is 5.73 Å². The second-order valence-corrected chi connectivity index (χ2v) is 6.16. The quantitative estimate of drug-likeness (QED) is 0.774. The number of nitrogens with one attached hydrogen (secondary N) is 1. The monoisotopic (exact) mass is 291 g/mol. The number of rotatable bonds is 8. The van der Waals surface area contributed by atoms with Gasteiger partial charge in [-0.05, 0) is 44.0 Å². The lowest BCUT2D eigenvalue weighted by atomic mass is 10.0. The summed E-state index contributed by atoms with van der Waals surface area (Å²) in [4.78, 5) is 14.2. The van der Waals surface area contributed by atoms with Crippen molar-refractivity contribution in [3.63, 3.8) is 0 Å². The summed E-state index contributed by atoms with van der Waals surface area (Å²) in [6.07, 6.45) is 1.66.